The van der Waals surface area contributed by atoms with E-state index in [0.717, 1.165) is 150 Å². The average molecular weight is 1160 g/mol. The van der Waals surface area contributed by atoms with Gasteiger partial charge in [-0.2, -0.15) is 0 Å². The van der Waals surface area contributed by atoms with Crippen molar-refractivity contribution in [2.75, 3.05) is 9.80 Å². The molecule has 6 heterocycles. The maximum Gasteiger partial charge on any atom is 0.252 e. The third kappa shape index (κ3) is 8.70. The molecule has 2 aliphatic rings. The van der Waals surface area contributed by atoms with E-state index in [0.29, 0.717) is 0 Å². The first kappa shape index (κ1) is 53.5. The van der Waals surface area contributed by atoms with Gasteiger partial charge in [0.05, 0.1) is 25.1 Å². The predicted molar refractivity (Wildman–Crippen MR) is 374 cm³/mol. The van der Waals surface area contributed by atoms with E-state index < -0.39 is 0 Å². The molecule has 7 heteroatoms. The van der Waals surface area contributed by atoms with Crippen LogP contribution in [0.25, 0.3) is 111 Å². The van der Waals surface area contributed by atoms with E-state index in [2.05, 4.69) is 240 Å². The number of aryl methyl sites for hydroxylation is 1. The summed E-state index contributed by atoms with van der Waals surface area (Å²) in [7, 11) is 0. The highest BCUT2D eigenvalue weighted by Gasteiger charge is 2.44. The molecule has 0 aliphatic carbocycles. The van der Waals surface area contributed by atoms with Gasteiger partial charge in [-0.05, 0) is 180 Å². The third-order valence-electron chi connectivity index (χ3n) is 18.9. The number of anilines is 6. The Kier molecular flexibility index (Phi) is 12.0. The zero-order valence-corrected chi connectivity index (χ0v) is 51.4. The van der Waals surface area contributed by atoms with Crippen molar-refractivity contribution in [2.24, 2.45) is 0 Å². The summed E-state index contributed by atoms with van der Waals surface area (Å²) in [5.41, 5.74) is 30.0. The number of hydrogen-bond donors (Lipinski definition) is 0. The lowest BCUT2D eigenvalue weighted by Crippen LogP contribution is -2.61. The molecule has 2 aliphatic heterocycles. The number of nitrogens with zero attached hydrogens (tertiary/aromatic N) is 2. The van der Waals surface area contributed by atoms with Crippen LogP contribution >= 0.6 is 0 Å². The van der Waals surface area contributed by atoms with E-state index in [-0.39, 0.29) is 17.5 Å². The van der Waals surface area contributed by atoms with Crippen LogP contribution in [0.3, 0.4) is 0 Å². The van der Waals surface area contributed by atoms with Gasteiger partial charge in [-0.15, -0.1) is 0 Å². The fourth-order valence-corrected chi connectivity index (χ4v) is 14.3. The van der Waals surface area contributed by atoms with Gasteiger partial charge in [0.1, 0.15) is 22.3 Å². The van der Waals surface area contributed by atoms with Gasteiger partial charge >= 0.3 is 0 Å². The third-order valence-corrected chi connectivity index (χ3v) is 18.9. The van der Waals surface area contributed by atoms with Crippen molar-refractivity contribution in [3.63, 3.8) is 0 Å². The van der Waals surface area contributed by atoms with E-state index in [4.69, 9.17) is 17.7 Å². The Labute approximate surface area is 524 Å². The zero-order valence-electron chi connectivity index (χ0n) is 51.4. The minimum atomic E-state index is -0.167. The number of para-hydroxylation sites is 4. The second kappa shape index (κ2) is 20.1. The van der Waals surface area contributed by atoms with E-state index in [1.165, 1.54) is 27.5 Å². The van der Waals surface area contributed by atoms with Gasteiger partial charge < -0.3 is 27.5 Å². The van der Waals surface area contributed by atoms with Crippen molar-refractivity contribution in [1.82, 2.24) is 0 Å². The van der Waals surface area contributed by atoms with Gasteiger partial charge in [-0.1, -0.05) is 187 Å². The minimum Gasteiger partial charge on any atom is -0.464 e. The van der Waals surface area contributed by atoms with Crippen LogP contribution in [0, 0.1) is 6.92 Å². The maximum atomic E-state index is 6.36. The van der Waals surface area contributed by atoms with Gasteiger partial charge in [0, 0.05) is 77.9 Å². The highest BCUT2D eigenvalue weighted by molar-refractivity contribution is 7.00. The average Bonchev–Trinajstić information content (AvgIpc) is 0.951. The second-order valence-corrected chi connectivity index (χ2v) is 26.6. The first-order valence-corrected chi connectivity index (χ1v) is 31.2. The first-order chi connectivity index (χ1) is 43.8. The molecule has 0 atom stereocenters. The Morgan fingerprint density at radius 3 is 0.933 bits per heavy atom. The van der Waals surface area contributed by atoms with Crippen LogP contribution in [0.1, 0.15) is 58.2 Å². The Hall–Kier alpha value is -10.8. The van der Waals surface area contributed by atoms with Crippen molar-refractivity contribution in [3.05, 3.63) is 272 Å². The number of fused-ring (bicyclic) bond motifs is 8. The van der Waals surface area contributed by atoms with Crippen molar-refractivity contribution < 1.29 is 17.7 Å². The molecule has 0 N–H and O–H groups in total. The van der Waals surface area contributed by atoms with Crippen LogP contribution in [0.2, 0.25) is 0 Å². The lowest BCUT2D eigenvalue weighted by Gasteiger charge is -2.45. The molecule has 17 rings (SSSR count). The maximum absolute atomic E-state index is 6.36. The molecular formula is C83H63BN2O4. The van der Waals surface area contributed by atoms with Crippen molar-refractivity contribution in [1.29, 1.82) is 0 Å². The summed E-state index contributed by atoms with van der Waals surface area (Å²) < 4.78 is 25.5. The predicted octanol–water partition coefficient (Wildman–Crippen LogP) is 21.7. The summed E-state index contributed by atoms with van der Waals surface area (Å²) in [6, 6.07) is 84.9. The Morgan fingerprint density at radius 1 is 0.300 bits per heavy atom. The molecule has 0 radical (unpaired) electrons. The Morgan fingerprint density at radius 2 is 0.611 bits per heavy atom. The summed E-state index contributed by atoms with van der Waals surface area (Å²) in [6.07, 6.45) is 7.66. The van der Waals surface area contributed by atoms with E-state index >= 15 is 0 Å². The van der Waals surface area contributed by atoms with E-state index in [9.17, 15) is 0 Å². The lowest BCUT2D eigenvalue weighted by molar-refractivity contribution is 0.590. The minimum absolute atomic E-state index is 0.00987. The van der Waals surface area contributed by atoms with Crippen LogP contribution in [-0.2, 0) is 10.8 Å². The van der Waals surface area contributed by atoms with E-state index in [1.54, 1.807) is 0 Å². The summed E-state index contributed by atoms with van der Waals surface area (Å²) in [4.78, 5) is 5.10. The molecule has 11 aromatic carbocycles. The molecule has 0 spiro atoms. The molecule has 432 valence electrons. The topological polar surface area (TPSA) is 59.0 Å². The molecule has 6 nitrogen and oxygen atoms in total. The molecule has 0 fully saturated rings. The standard InChI is InChI=1S/C83H63BN2O4/c1-50-36-75-81-76(37-50)86(62-42-57(69-48-89-79-22-14-10-18-65(69)79)39-58(43-62)70-49-90-80-23-15-11-19-66(70)80)74-45-54(52-26-32-60(33-27-52)83(5,6)7)29-35-72(74)84(81)71-34-28-53(51-24-30-59(31-25-51)82(2,3)4)44-73(71)85(75)61-40-55(67-46-87-77-20-12-8-16-63(67)77)38-56(41-61)68-47-88-78-21-13-9-17-64(68)78/h8-49H,1-7H3. The number of benzene rings is 11. The van der Waals surface area contributed by atoms with Crippen LogP contribution in [0.5, 0.6) is 0 Å². The molecular weight excluding hydrogens is 1100 g/mol. The van der Waals surface area contributed by atoms with E-state index in [1.807, 2.05) is 73.6 Å². The first-order valence-electron chi connectivity index (χ1n) is 31.2. The fourth-order valence-electron chi connectivity index (χ4n) is 14.3. The molecule has 0 amide bonds. The SMILES string of the molecule is Cc1cc2c3c(c1)N(c1cc(-c4coc5ccccc45)cc(-c4coc5ccccc45)c1)c1cc(-c4ccc(C(C)(C)C)cc4)ccc1B3c1ccc(-c3ccc(C(C)(C)C)cc3)cc1N2c1cc(-c2coc3ccccc23)cc(-c2coc3ccccc23)c1. The van der Waals surface area contributed by atoms with Gasteiger partial charge in [-0.25, -0.2) is 0 Å². The molecule has 15 aromatic rings. The number of furan rings is 4. The zero-order chi connectivity index (χ0) is 60.7. The smallest absolute Gasteiger partial charge is 0.252 e. The summed E-state index contributed by atoms with van der Waals surface area (Å²) in [6.45, 7) is 15.8. The summed E-state index contributed by atoms with van der Waals surface area (Å²) in [5.74, 6) is 0. The molecule has 4 aromatic heterocycles. The van der Waals surface area contributed by atoms with Gasteiger partial charge in [0.2, 0.25) is 0 Å². The summed E-state index contributed by atoms with van der Waals surface area (Å²) >= 11 is 0. The second-order valence-electron chi connectivity index (χ2n) is 26.6. The lowest BCUT2D eigenvalue weighted by atomic mass is 9.33. The molecule has 0 bridgehead atoms. The van der Waals surface area contributed by atoms with Gasteiger partial charge in [0.25, 0.3) is 6.71 Å². The number of rotatable bonds is 8. The van der Waals surface area contributed by atoms with Crippen molar-refractivity contribution >= 4 is 101 Å². The number of hydrogen-bond acceptors (Lipinski definition) is 6. The normalized spacial score (nSPS) is 13.0. The largest absolute Gasteiger partial charge is 0.464 e. The Balaban J connectivity index is 0.959. The van der Waals surface area contributed by atoms with Crippen LogP contribution in [-0.4, -0.2) is 6.71 Å². The molecule has 0 saturated heterocycles. The van der Waals surface area contributed by atoms with Crippen LogP contribution in [0.15, 0.2) is 273 Å². The monoisotopic (exact) mass is 1160 g/mol. The highest BCUT2D eigenvalue weighted by atomic mass is 16.3. The van der Waals surface area contributed by atoms with Gasteiger partial charge in [0.15, 0.2) is 0 Å². The van der Waals surface area contributed by atoms with Crippen molar-refractivity contribution in [3.8, 4) is 66.8 Å². The van der Waals surface area contributed by atoms with Gasteiger partial charge in [-0.3, -0.25) is 0 Å². The highest BCUT2D eigenvalue weighted by Crippen LogP contribution is 2.50. The molecule has 0 saturated carbocycles. The van der Waals surface area contributed by atoms with Crippen LogP contribution < -0.4 is 26.2 Å². The summed E-state index contributed by atoms with van der Waals surface area (Å²) in [5, 5.41) is 4.21. The fraction of sp³-hybridized carbons (Fsp3) is 0.108. The van der Waals surface area contributed by atoms with Crippen LogP contribution in [0.4, 0.5) is 34.1 Å². The Bertz CT molecular complexity index is 4860. The van der Waals surface area contributed by atoms with Crippen molar-refractivity contribution in [2.45, 2.75) is 59.3 Å². The molecule has 90 heavy (non-hydrogen) atoms. The molecule has 0 unspecified atom stereocenters. The quantitative estimate of drug-likeness (QED) is 0.141.